The zero-order chi connectivity index (χ0) is 23.5. The molecule has 3 amide bonds. The monoisotopic (exact) mass is 458 g/mol. The molecule has 1 aromatic rings. The fourth-order valence-electron chi connectivity index (χ4n) is 5.25. The summed E-state index contributed by atoms with van der Waals surface area (Å²) in [7, 11) is 0. The van der Waals surface area contributed by atoms with E-state index in [-0.39, 0.29) is 49.7 Å². The lowest BCUT2D eigenvalue weighted by atomic mass is 9.85. The third kappa shape index (κ3) is 2.96. The van der Waals surface area contributed by atoms with Crippen molar-refractivity contribution in [3.63, 3.8) is 0 Å². The van der Waals surface area contributed by atoms with Gasteiger partial charge in [0.1, 0.15) is 12.1 Å². The molecular formula is C20H26N8O5+2. The van der Waals surface area contributed by atoms with E-state index in [4.69, 9.17) is 11.5 Å². The number of carbonyl (C=O) groups excluding carboxylic acids is 3. The number of guanidine groups is 2. The van der Waals surface area contributed by atoms with Crippen molar-refractivity contribution in [2.24, 2.45) is 11.5 Å². The minimum absolute atomic E-state index is 0.0439. The van der Waals surface area contributed by atoms with Gasteiger partial charge < -0.3 is 15.5 Å². The molecule has 0 radical (unpaired) electrons. The van der Waals surface area contributed by atoms with Gasteiger partial charge in [-0.15, -0.1) is 0 Å². The van der Waals surface area contributed by atoms with Gasteiger partial charge in [0.05, 0.1) is 13.1 Å². The van der Waals surface area contributed by atoms with Crippen molar-refractivity contribution >= 4 is 29.6 Å². The second kappa shape index (κ2) is 7.15. The van der Waals surface area contributed by atoms with Gasteiger partial charge >= 0.3 is 11.9 Å². The number of imide groups is 1. The molecular weight excluding hydrogens is 432 g/mol. The lowest BCUT2D eigenvalue weighted by Gasteiger charge is -2.41. The first-order valence-corrected chi connectivity index (χ1v) is 10.6. The molecule has 0 bridgehead atoms. The molecule has 13 nitrogen and oxygen atoms in total. The van der Waals surface area contributed by atoms with Crippen molar-refractivity contribution in [2.45, 2.75) is 42.4 Å². The van der Waals surface area contributed by atoms with E-state index in [1.165, 1.54) is 4.58 Å². The highest BCUT2D eigenvalue weighted by Gasteiger charge is 2.78. The Kier molecular flexibility index (Phi) is 4.58. The minimum Gasteiger partial charge on any atom is -0.358 e. The Morgan fingerprint density at radius 3 is 2.55 bits per heavy atom. The van der Waals surface area contributed by atoms with Gasteiger partial charge in [-0.1, -0.05) is 18.2 Å². The number of nitrogens with zero attached hydrogens (tertiary/aromatic N) is 2. The van der Waals surface area contributed by atoms with Crippen LogP contribution < -0.4 is 32.4 Å². The van der Waals surface area contributed by atoms with Crippen molar-refractivity contribution in [1.82, 2.24) is 20.9 Å². The number of hydrogen-bond donors (Lipinski definition) is 8. The molecule has 4 atom stereocenters. The van der Waals surface area contributed by atoms with Crippen LogP contribution in [0.25, 0.3) is 0 Å². The Hall–Kier alpha value is -3.71. The van der Waals surface area contributed by atoms with Crippen molar-refractivity contribution in [1.29, 1.82) is 0 Å². The van der Waals surface area contributed by atoms with Crippen LogP contribution in [0.2, 0.25) is 0 Å². The average molecular weight is 458 g/mol. The Bertz CT molecular complexity index is 1090. The Morgan fingerprint density at radius 1 is 1.21 bits per heavy atom. The zero-order valence-electron chi connectivity index (χ0n) is 17.6. The molecule has 13 heteroatoms. The van der Waals surface area contributed by atoms with E-state index in [9.17, 15) is 24.6 Å². The molecule has 0 aliphatic carbocycles. The van der Waals surface area contributed by atoms with Gasteiger partial charge in [0, 0.05) is 18.4 Å². The van der Waals surface area contributed by atoms with Crippen LogP contribution >= 0.6 is 0 Å². The molecule has 174 valence electrons. The molecule has 0 aromatic heterocycles. The van der Waals surface area contributed by atoms with Crippen LogP contribution in [0.4, 0.5) is 0 Å². The first-order valence-electron chi connectivity index (χ1n) is 10.6. The number of rotatable bonds is 4. The summed E-state index contributed by atoms with van der Waals surface area (Å²) in [6, 6.07) is 5.72. The third-order valence-electron chi connectivity index (χ3n) is 6.83. The predicted octanol–water partition coefficient (Wildman–Crippen LogP) is -6.01. The molecule has 1 unspecified atom stereocenters. The smallest absolute Gasteiger partial charge is 0.347 e. The highest BCUT2D eigenvalue weighted by molar-refractivity contribution is 6.02. The van der Waals surface area contributed by atoms with Crippen molar-refractivity contribution in [3.05, 3.63) is 35.9 Å². The summed E-state index contributed by atoms with van der Waals surface area (Å²) in [5, 5.41) is 31.4. The van der Waals surface area contributed by atoms with E-state index in [0.29, 0.717) is 5.56 Å². The first kappa shape index (κ1) is 21.2. The number of aliphatic hydroxyl groups is 2. The second-order valence-corrected chi connectivity index (χ2v) is 8.69. The van der Waals surface area contributed by atoms with E-state index in [1.54, 1.807) is 30.3 Å². The van der Waals surface area contributed by atoms with Gasteiger partial charge in [0.25, 0.3) is 17.4 Å². The third-order valence-corrected chi connectivity index (χ3v) is 6.83. The van der Waals surface area contributed by atoms with Gasteiger partial charge in [-0.25, -0.2) is 9.89 Å². The van der Waals surface area contributed by atoms with Gasteiger partial charge in [-0.2, -0.15) is 0 Å². The number of benzene rings is 1. The van der Waals surface area contributed by atoms with Crippen LogP contribution in [0.3, 0.4) is 0 Å². The number of nitrogens with one attached hydrogen (secondary N) is 4. The number of hydrogen-bond acceptors (Lipinski definition) is 9. The summed E-state index contributed by atoms with van der Waals surface area (Å²) in [5.74, 6) is -3.49. The van der Waals surface area contributed by atoms with E-state index in [2.05, 4.69) is 20.9 Å². The van der Waals surface area contributed by atoms with E-state index >= 15 is 0 Å². The maximum atomic E-state index is 12.7. The average Bonchev–Trinajstić information content (AvgIpc) is 3.37. The van der Waals surface area contributed by atoms with E-state index in [0.717, 1.165) is 4.90 Å². The van der Waals surface area contributed by atoms with E-state index in [1.807, 2.05) is 0 Å². The molecule has 1 spiro atoms. The molecule has 0 saturated carbocycles. The number of carbonyl (C=O) groups is 3. The molecule has 4 aliphatic rings. The molecule has 33 heavy (non-hydrogen) atoms. The van der Waals surface area contributed by atoms with Crippen LogP contribution in [0, 0.1) is 0 Å². The zero-order valence-corrected chi connectivity index (χ0v) is 17.6. The summed E-state index contributed by atoms with van der Waals surface area (Å²) in [4.78, 5) is 41.2. The highest BCUT2D eigenvalue weighted by Crippen LogP contribution is 2.37. The predicted molar refractivity (Wildman–Crippen MR) is 112 cm³/mol. The van der Waals surface area contributed by atoms with Gasteiger partial charge in [-0.3, -0.25) is 41.1 Å². The lowest BCUT2D eigenvalue weighted by molar-refractivity contribution is -0.674. The first-order chi connectivity index (χ1) is 15.6. The maximum absolute atomic E-state index is 12.7. The number of amides is 3. The quantitative estimate of drug-likeness (QED) is 0.123. The summed E-state index contributed by atoms with van der Waals surface area (Å²) >= 11 is 0. The SMILES string of the molecule is NC1=[NH+][C@H]2[C@H](CN3C(=O)CCC3=O)NC(N)=[N+]3CC(NC(=O)c4ccccc4)C(O)(O)[C@]23N1. The lowest BCUT2D eigenvalue weighted by Crippen LogP contribution is -2.92. The molecule has 4 aliphatic heterocycles. The van der Waals surface area contributed by atoms with Crippen LogP contribution in [0.5, 0.6) is 0 Å². The van der Waals surface area contributed by atoms with Gasteiger partial charge in [0.2, 0.25) is 11.8 Å². The van der Waals surface area contributed by atoms with Crippen LogP contribution in [-0.4, -0.2) is 92.0 Å². The van der Waals surface area contributed by atoms with Crippen molar-refractivity contribution in [2.75, 3.05) is 13.1 Å². The summed E-state index contributed by atoms with van der Waals surface area (Å²) in [6.07, 6.45) is 0.258. The molecule has 2 saturated heterocycles. The van der Waals surface area contributed by atoms with Gasteiger partial charge in [0.15, 0.2) is 6.04 Å². The number of likely N-dealkylation sites (tertiary alicyclic amines) is 1. The molecule has 4 heterocycles. The maximum Gasteiger partial charge on any atom is 0.347 e. The van der Waals surface area contributed by atoms with E-state index < -0.39 is 35.5 Å². The number of nitrogens with two attached hydrogens (primary N) is 2. The Balaban J connectivity index is 1.48. The normalized spacial score (nSPS) is 32.1. The molecule has 2 fully saturated rings. The molecule has 5 rings (SSSR count). The summed E-state index contributed by atoms with van der Waals surface area (Å²) in [5.41, 5.74) is 11.0. The van der Waals surface area contributed by atoms with Crippen LogP contribution in [0.1, 0.15) is 23.2 Å². The van der Waals surface area contributed by atoms with Crippen molar-refractivity contribution < 1.29 is 34.2 Å². The summed E-state index contributed by atoms with van der Waals surface area (Å²) in [6.45, 7) is -0.0884. The largest absolute Gasteiger partial charge is 0.358 e. The minimum atomic E-state index is -2.54. The Morgan fingerprint density at radius 2 is 1.88 bits per heavy atom. The van der Waals surface area contributed by atoms with Gasteiger partial charge in [-0.05, 0) is 12.1 Å². The van der Waals surface area contributed by atoms with Crippen LogP contribution in [-0.2, 0) is 9.59 Å². The molecule has 1 aromatic carbocycles. The standard InChI is InChI=1S/C20H24N8O5/c21-17-25-15-11(8-27-13(29)6-7-14(27)30)23-18(22)28-9-12(20(32,33)19(15,28)26-17)24-16(31)10-4-2-1-3-5-10/h1-5,11-12,15,32-33H,6-9H2,(H6,21,22,23,24,25,26,31)/p+2/t11-,12?,15-,19-/m0/s1. The summed E-state index contributed by atoms with van der Waals surface area (Å²) < 4.78 is 1.49. The Labute approximate surface area is 188 Å². The fraction of sp³-hybridized carbons (Fsp3) is 0.450. The fourth-order valence-corrected chi connectivity index (χ4v) is 5.25. The highest BCUT2D eigenvalue weighted by atomic mass is 16.5. The second-order valence-electron chi connectivity index (χ2n) is 8.69. The van der Waals surface area contributed by atoms with Crippen LogP contribution in [0.15, 0.2) is 30.3 Å². The topological polar surface area (TPSA) is 200 Å². The molecule has 10 N–H and O–H groups in total. The van der Waals surface area contributed by atoms with Crippen molar-refractivity contribution in [3.8, 4) is 0 Å².